The first kappa shape index (κ1) is 24.8. The van der Waals surface area contributed by atoms with E-state index >= 15 is 0 Å². The lowest BCUT2D eigenvalue weighted by molar-refractivity contribution is 0.0122. The van der Waals surface area contributed by atoms with E-state index in [-0.39, 0.29) is 18.2 Å². The van der Waals surface area contributed by atoms with Crippen LogP contribution in [-0.4, -0.2) is 65.4 Å². The predicted octanol–water partition coefficient (Wildman–Crippen LogP) is 5.10. The SMILES string of the molecule is COc1nc2c(c(N3C[C@H]4CC[C@@H](C3)N4C(=O)OC(C)(C)C)n1)CCN(c1cccc3cccc(C)c13)C2. The van der Waals surface area contributed by atoms with Crippen molar-refractivity contribution in [1.29, 1.82) is 0 Å². The molecule has 2 bridgehead atoms. The molecule has 8 nitrogen and oxygen atoms in total. The van der Waals surface area contributed by atoms with Gasteiger partial charge in [-0.15, -0.1) is 0 Å². The molecule has 4 heterocycles. The predicted molar refractivity (Wildman–Crippen MR) is 149 cm³/mol. The molecule has 2 atom stereocenters. The number of aromatic nitrogens is 2. The Bertz CT molecular complexity index is 1370. The van der Waals surface area contributed by atoms with Crippen LogP contribution in [0, 0.1) is 6.92 Å². The van der Waals surface area contributed by atoms with E-state index in [0.717, 1.165) is 50.4 Å². The number of amides is 1. The minimum Gasteiger partial charge on any atom is -0.467 e. The Hall–Kier alpha value is -3.55. The van der Waals surface area contributed by atoms with E-state index in [1.807, 2.05) is 25.7 Å². The molecule has 0 radical (unpaired) electrons. The Kier molecular flexibility index (Phi) is 6.08. The highest BCUT2D eigenvalue weighted by molar-refractivity contribution is 5.97. The van der Waals surface area contributed by atoms with Gasteiger partial charge in [-0.2, -0.15) is 9.97 Å². The van der Waals surface area contributed by atoms with E-state index in [0.29, 0.717) is 12.6 Å². The number of nitrogens with zero attached hydrogens (tertiary/aromatic N) is 5. The first-order chi connectivity index (χ1) is 18.2. The fourth-order valence-electron chi connectivity index (χ4n) is 6.40. The van der Waals surface area contributed by atoms with Crippen molar-refractivity contribution in [2.24, 2.45) is 0 Å². The summed E-state index contributed by atoms with van der Waals surface area (Å²) in [5, 5.41) is 2.56. The van der Waals surface area contributed by atoms with Crippen LogP contribution < -0.4 is 14.5 Å². The molecule has 0 saturated carbocycles. The third kappa shape index (κ3) is 4.40. The number of carbonyl (C=O) groups is 1. The summed E-state index contributed by atoms with van der Waals surface area (Å²) in [7, 11) is 1.63. The van der Waals surface area contributed by atoms with Crippen molar-refractivity contribution in [3.05, 3.63) is 53.2 Å². The monoisotopic (exact) mass is 515 g/mol. The Labute approximate surface area is 224 Å². The van der Waals surface area contributed by atoms with Crippen molar-refractivity contribution in [1.82, 2.24) is 14.9 Å². The molecule has 1 amide bonds. The highest BCUT2D eigenvalue weighted by Gasteiger charge is 2.45. The number of hydrogen-bond acceptors (Lipinski definition) is 7. The van der Waals surface area contributed by atoms with Gasteiger partial charge in [-0.3, -0.25) is 4.90 Å². The number of carbonyl (C=O) groups excluding carboxylic acids is 1. The summed E-state index contributed by atoms with van der Waals surface area (Å²) >= 11 is 0. The van der Waals surface area contributed by atoms with E-state index in [4.69, 9.17) is 19.4 Å². The van der Waals surface area contributed by atoms with Gasteiger partial charge < -0.3 is 19.3 Å². The summed E-state index contributed by atoms with van der Waals surface area (Å²) in [4.78, 5) is 29.4. The molecule has 0 spiro atoms. The second-order valence-electron chi connectivity index (χ2n) is 11.8. The van der Waals surface area contributed by atoms with E-state index in [2.05, 4.69) is 53.1 Å². The number of fused-ring (bicyclic) bond motifs is 4. The van der Waals surface area contributed by atoms with Gasteiger partial charge in [0, 0.05) is 36.3 Å². The molecule has 0 aliphatic carbocycles. The van der Waals surface area contributed by atoms with E-state index in [1.165, 1.54) is 27.6 Å². The molecular weight excluding hydrogens is 478 g/mol. The molecule has 2 fully saturated rings. The van der Waals surface area contributed by atoms with Gasteiger partial charge in [-0.25, -0.2) is 4.79 Å². The van der Waals surface area contributed by atoms with Crippen LogP contribution in [0.3, 0.4) is 0 Å². The third-order valence-corrected chi connectivity index (χ3v) is 8.02. The zero-order valence-electron chi connectivity index (χ0n) is 23.0. The summed E-state index contributed by atoms with van der Waals surface area (Å²) in [6, 6.07) is 13.7. The average Bonchev–Trinajstić information content (AvgIpc) is 3.16. The number of hydrogen-bond donors (Lipinski definition) is 0. The first-order valence-corrected chi connectivity index (χ1v) is 13.6. The minimum absolute atomic E-state index is 0.124. The molecule has 200 valence electrons. The number of benzene rings is 2. The van der Waals surface area contributed by atoms with Crippen LogP contribution in [0.4, 0.5) is 16.3 Å². The smallest absolute Gasteiger partial charge is 0.410 e. The molecule has 3 aliphatic heterocycles. The third-order valence-electron chi connectivity index (χ3n) is 8.02. The van der Waals surface area contributed by atoms with Gasteiger partial charge in [-0.05, 0) is 64.0 Å². The van der Waals surface area contributed by atoms with Crippen molar-refractivity contribution in [3.63, 3.8) is 0 Å². The van der Waals surface area contributed by atoms with Crippen LogP contribution in [0.15, 0.2) is 36.4 Å². The number of anilines is 2. The van der Waals surface area contributed by atoms with E-state index in [1.54, 1.807) is 7.11 Å². The molecule has 3 aromatic rings. The topological polar surface area (TPSA) is 71.0 Å². The average molecular weight is 516 g/mol. The van der Waals surface area contributed by atoms with Crippen LogP contribution >= 0.6 is 0 Å². The number of rotatable bonds is 3. The Morgan fingerprint density at radius 2 is 1.71 bits per heavy atom. The summed E-state index contributed by atoms with van der Waals surface area (Å²) in [6.45, 7) is 11.0. The van der Waals surface area contributed by atoms with Gasteiger partial charge in [0.2, 0.25) is 0 Å². The molecule has 38 heavy (non-hydrogen) atoms. The summed E-state index contributed by atoms with van der Waals surface area (Å²) in [6.07, 6.45) is 2.63. The zero-order chi connectivity index (χ0) is 26.6. The van der Waals surface area contributed by atoms with Crippen molar-refractivity contribution >= 4 is 28.4 Å². The summed E-state index contributed by atoms with van der Waals surface area (Å²) in [5.41, 5.74) is 4.24. The molecular formula is C30H37N5O3. The maximum Gasteiger partial charge on any atom is 0.410 e. The number of aryl methyl sites for hydroxylation is 1. The summed E-state index contributed by atoms with van der Waals surface area (Å²) in [5.74, 6) is 0.960. The second kappa shape index (κ2) is 9.33. The van der Waals surface area contributed by atoms with Crippen LogP contribution in [0.1, 0.15) is 50.4 Å². The highest BCUT2D eigenvalue weighted by Crippen LogP contribution is 2.38. The first-order valence-electron chi connectivity index (χ1n) is 13.6. The van der Waals surface area contributed by atoms with E-state index in [9.17, 15) is 4.79 Å². The largest absolute Gasteiger partial charge is 0.467 e. The van der Waals surface area contributed by atoms with Gasteiger partial charge in [0.15, 0.2) is 0 Å². The van der Waals surface area contributed by atoms with Crippen LogP contribution in [0.2, 0.25) is 0 Å². The van der Waals surface area contributed by atoms with Gasteiger partial charge in [0.25, 0.3) is 0 Å². The van der Waals surface area contributed by atoms with Crippen molar-refractivity contribution in [3.8, 4) is 6.01 Å². The molecule has 0 unspecified atom stereocenters. The van der Waals surface area contributed by atoms with Crippen LogP contribution in [-0.2, 0) is 17.7 Å². The number of ether oxygens (including phenoxy) is 2. The lowest BCUT2D eigenvalue weighted by atomic mass is 9.99. The fourth-order valence-corrected chi connectivity index (χ4v) is 6.40. The van der Waals surface area contributed by atoms with Gasteiger partial charge in [0.1, 0.15) is 11.4 Å². The lowest BCUT2D eigenvalue weighted by Crippen LogP contribution is -2.57. The Morgan fingerprint density at radius 1 is 1.00 bits per heavy atom. The maximum absolute atomic E-state index is 13.0. The minimum atomic E-state index is -0.499. The Morgan fingerprint density at radius 3 is 2.39 bits per heavy atom. The van der Waals surface area contributed by atoms with E-state index < -0.39 is 5.60 Å². The number of piperazine rings is 1. The number of methoxy groups -OCH3 is 1. The lowest BCUT2D eigenvalue weighted by Gasteiger charge is -2.43. The van der Waals surface area contributed by atoms with Gasteiger partial charge in [0.05, 0.1) is 31.4 Å². The van der Waals surface area contributed by atoms with Crippen LogP contribution in [0.25, 0.3) is 10.8 Å². The fraction of sp³-hybridized carbons (Fsp3) is 0.500. The molecule has 1 aromatic heterocycles. The zero-order valence-corrected chi connectivity index (χ0v) is 23.0. The molecule has 2 aromatic carbocycles. The normalized spacial score (nSPS) is 21.0. The summed E-state index contributed by atoms with van der Waals surface area (Å²) < 4.78 is 11.3. The second-order valence-corrected chi connectivity index (χ2v) is 11.8. The Balaban J connectivity index is 1.29. The molecule has 2 saturated heterocycles. The quantitative estimate of drug-likeness (QED) is 0.481. The van der Waals surface area contributed by atoms with Crippen molar-refractivity contribution < 1.29 is 14.3 Å². The highest BCUT2D eigenvalue weighted by atomic mass is 16.6. The standard InChI is InChI=1S/C30H37N5O3/c1-19-8-6-9-20-10-7-11-25(26(19)20)33-15-14-23-24(18-33)31-28(37-5)32-27(23)34-16-21-12-13-22(17-34)35(21)29(36)38-30(2,3)4/h6-11,21-22H,12-18H2,1-5H3/t21-,22+. The van der Waals surface area contributed by atoms with Gasteiger partial charge in [-0.1, -0.05) is 30.3 Å². The van der Waals surface area contributed by atoms with Crippen molar-refractivity contribution in [2.75, 3.05) is 36.5 Å². The molecule has 8 heteroatoms. The van der Waals surface area contributed by atoms with Crippen molar-refractivity contribution in [2.45, 2.75) is 71.2 Å². The van der Waals surface area contributed by atoms with Gasteiger partial charge >= 0.3 is 12.1 Å². The molecule has 3 aliphatic rings. The van der Waals surface area contributed by atoms with Crippen LogP contribution in [0.5, 0.6) is 6.01 Å². The molecule has 6 rings (SSSR count). The maximum atomic E-state index is 13.0. The molecule has 0 N–H and O–H groups in total.